The molecule has 0 spiro atoms. The second-order valence-electron chi connectivity index (χ2n) is 3.10. The Hall–Kier alpha value is -2.35. The lowest BCUT2D eigenvalue weighted by molar-refractivity contribution is 0.967. The first-order valence-corrected chi connectivity index (χ1v) is 4.39. The molecule has 5 nitrogen and oxygen atoms in total. The summed E-state index contributed by atoms with van der Waals surface area (Å²) in [5.74, 6) is 0.823. The van der Waals surface area contributed by atoms with Crippen LogP contribution < -0.4 is 5.73 Å². The molecular formula is C10H9N5. The fraction of sp³-hybridized carbons (Fsp3) is 0.100. The summed E-state index contributed by atoms with van der Waals surface area (Å²) in [4.78, 5) is 8.03. The number of rotatable bonds is 1. The van der Waals surface area contributed by atoms with Crippen LogP contribution in [0.2, 0.25) is 0 Å². The van der Waals surface area contributed by atoms with E-state index in [9.17, 15) is 0 Å². The van der Waals surface area contributed by atoms with Crippen LogP contribution in [0.25, 0.3) is 5.82 Å². The fourth-order valence-corrected chi connectivity index (χ4v) is 1.30. The summed E-state index contributed by atoms with van der Waals surface area (Å²) in [6.07, 6.45) is 4.86. The van der Waals surface area contributed by atoms with Crippen LogP contribution >= 0.6 is 0 Å². The van der Waals surface area contributed by atoms with Crippen molar-refractivity contribution < 1.29 is 0 Å². The molecule has 0 aliphatic heterocycles. The summed E-state index contributed by atoms with van der Waals surface area (Å²) in [6.45, 7) is 1.89. The molecule has 74 valence electrons. The lowest BCUT2D eigenvalue weighted by atomic mass is 10.2. The number of nitrogens with two attached hydrogens (primary N) is 1. The van der Waals surface area contributed by atoms with E-state index in [0.717, 1.165) is 5.56 Å². The van der Waals surface area contributed by atoms with E-state index < -0.39 is 0 Å². The zero-order chi connectivity index (χ0) is 10.8. The van der Waals surface area contributed by atoms with Crippen LogP contribution in [-0.4, -0.2) is 14.5 Å². The van der Waals surface area contributed by atoms with E-state index in [2.05, 4.69) is 9.97 Å². The average Bonchev–Trinajstić information content (AvgIpc) is 2.70. The molecule has 0 amide bonds. The molecule has 2 aromatic rings. The van der Waals surface area contributed by atoms with Gasteiger partial charge in [0.1, 0.15) is 6.07 Å². The number of nitrogens with zero attached hydrogens (tertiary/aromatic N) is 4. The SMILES string of the molecule is Cc1ccnc(-n2ccnc2C#N)c1N. The summed E-state index contributed by atoms with van der Waals surface area (Å²) < 4.78 is 1.57. The standard InChI is InChI=1S/C10H9N5/c1-7-2-3-14-10(9(7)12)15-5-4-13-8(15)6-11/h2-5H,12H2,1H3. The summed E-state index contributed by atoms with van der Waals surface area (Å²) in [5.41, 5.74) is 7.37. The van der Waals surface area contributed by atoms with Gasteiger partial charge in [0.15, 0.2) is 5.82 Å². The van der Waals surface area contributed by atoms with Crippen molar-refractivity contribution in [1.29, 1.82) is 5.26 Å². The normalized spacial score (nSPS) is 9.87. The van der Waals surface area contributed by atoms with E-state index in [1.807, 2.05) is 19.1 Å². The number of nitriles is 1. The maximum absolute atomic E-state index is 8.83. The molecule has 0 aliphatic rings. The summed E-state index contributed by atoms with van der Waals surface area (Å²) >= 11 is 0. The Bertz CT molecular complexity index is 535. The molecular weight excluding hydrogens is 190 g/mol. The Labute approximate surface area is 86.8 Å². The highest BCUT2D eigenvalue weighted by molar-refractivity contribution is 5.58. The first-order chi connectivity index (χ1) is 7.24. The van der Waals surface area contributed by atoms with Gasteiger partial charge >= 0.3 is 0 Å². The van der Waals surface area contributed by atoms with Crippen LogP contribution in [0.15, 0.2) is 24.7 Å². The Balaban J connectivity index is 2.65. The summed E-state index contributed by atoms with van der Waals surface area (Å²) in [7, 11) is 0. The average molecular weight is 199 g/mol. The molecule has 2 aromatic heterocycles. The van der Waals surface area contributed by atoms with E-state index in [-0.39, 0.29) is 5.82 Å². The molecule has 0 aliphatic carbocycles. The van der Waals surface area contributed by atoms with Crippen LogP contribution in [0.3, 0.4) is 0 Å². The molecule has 2 N–H and O–H groups in total. The molecule has 0 saturated heterocycles. The molecule has 2 rings (SSSR count). The number of pyridine rings is 1. The van der Waals surface area contributed by atoms with Gasteiger partial charge in [0, 0.05) is 18.6 Å². The number of nitrogen functional groups attached to an aromatic ring is 1. The molecule has 2 heterocycles. The van der Waals surface area contributed by atoms with E-state index in [1.54, 1.807) is 23.2 Å². The van der Waals surface area contributed by atoms with Crippen molar-refractivity contribution in [2.24, 2.45) is 0 Å². The number of anilines is 1. The molecule has 0 saturated carbocycles. The molecule has 0 bridgehead atoms. The topological polar surface area (TPSA) is 80.5 Å². The van der Waals surface area contributed by atoms with Crippen molar-refractivity contribution in [2.75, 3.05) is 5.73 Å². The predicted octanol–water partition coefficient (Wildman–Crippen LogP) is 1.03. The minimum Gasteiger partial charge on any atom is -0.395 e. The van der Waals surface area contributed by atoms with Crippen LogP contribution in [0, 0.1) is 18.3 Å². The van der Waals surface area contributed by atoms with Gasteiger partial charge < -0.3 is 5.73 Å². The van der Waals surface area contributed by atoms with Gasteiger partial charge in [-0.25, -0.2) is 9.97 Å². The van der Waals surface area contributed by atoms with Crippen LogP contribution in [0.4, 0.5) is 5.69 Å². The fourth-order valence-electron chi connectivity index (χ4n) is 1.30. The minimum absolute atomic E-state index is 0.278. The van der Waals surface area contributed by atoms with Crippen molar-refractivity contribution in [3.63, 3.8) is 0 Å². The van der Waals surface area contributed by atoms with Crippen LogP contribution in [-0.2, 0) is 0 Å². The van der Waals surface area contributed by atoms with Gasteiger partial charge in [0.2, 0.25) is 5.82 Å². The van der Waals surface area contributed by atoms with E-state index in [4.69, 9.17) is 11.0 Å². The van der Waals surface area contributed by atoms with Crippen molar-refractivity contribution in [1.82, 2.24) is 14.5 Å². The lowest BCUT2D eigenvalue weighted by Gasteiger charge is -2.07. The van der Waals surface area contributed by atoms with Gasteiger partial charge in [-0.3, -0.25) is 4.57 Å². The van der Waals surface area contributed by atoms with Gasteiger partial charge in [-0.1, -0.05) is 0 Å². The first kappa shape index (κ1) is 9.21. The smallest absolute Gasteiger partial charge is 0.218 e. The largest absolute Gasteiger partial charge is 0.395 e. The number of hydrogen-bond acceptors (Lipinski definition) is 4. The summed E-state index contributed by atoms with van der Waals surface area (Å²) in [6, 6.07) is 3.80. The van der Waals surface area contributed by atoms with Crippen molar-refractivity contribution in [2.45, 2.75) is 6.92 Å². The number of aromatic nitrogens is 3. The summed E-state index contributed by atoms with van der Waals surface area (Å²) in [5, 5.41) is 8.83. The Morgan fingerprint density at radius 3 is 2.93 bits per heavy atom. The molecule has 0 atom stereocenters. The second kappa shape index (κ2) is 3.42. The number of aryl methyl sites for hydroxylation is 1. The van der Waals surface area contributed by atoms with Gasteiger partial charge in [0.05, 0.1) is 5.69 Å². The highest BCUT2D eigenvalue weighted by atomic mass is 15.1. The van der Waals surface area contributed by atoms with Gasteiger partial charge in [-0.2, -0.15) is 5.26 Å². The monoisotopic (exact) mass is 199 g/mol. The van der Waals surface area contributed by atoms with Crippen LogP contribution in [0.1, 0.15) is 11.4 Å². The van der Waals surface area contributed by atoms with Gasteiger partial charge in [-0.05, 0) is 18.6 Å². The maximum Gasteiger partial charge on any atom is 0.218 e. The molecule has 0 radical (unpaired) electrons. The maximum atomic E-state index is 8.83. The lowest BCUT2D eigenvalue weighted by Crippen LogP contribution is -2.05. The second-order valence-corrected chi connectivity index (χ2v) is 3.10. The third kappa shape index (κ3) is 1.42. The molecule has 0 fully saturated rings. The highest BCUT2D eigenvalue weighted by Gasteiger charge is 2.09. The van der Waals surface area contributed by atoms with Crippen molar-refractivity contribution >= 4 is 5.69 Å². The third-order valence-electron chi connectivity index (χ3n) is 2.16. The van der Waals surface area contributed by atoms with E-state index in [1.165, 1.54) is 0 Å². The van der Waals surface area contributed by atoms with Gasteiger partial charge in [-0.15, -0.1) is 0 Å². The predicted molar refractivity (Wildman–Crippen MR) is 55.2 cm³/mol. The van der Waals surface area contributed by atoms with Crippen molar-refractivity contribution in [3.8, 4) is 11.9 Å². The van der Waals surface area contributed by atoms with E-state index >= 15 is 0 Å². The van der Waals surface area contributed by atoms with Crippen LogP contribution in [0.5, 0.6) is 0 Å². The molecule has 0 unspecified atom stereocenters. The highest BCUT2D eigenvalue weighted by Crippen LogP contribution is 2.18. The molecule has 5 heteroatoms. The van der Waals surface area contributed by atoms with Gasteiger partial charge in [0.25, 0.3) is 0 Å². The zero-order valence-corrected chi connectivity index (χ0v) is 8.18. The minimum atomic E-state index is 0.278. The quantitative estimate of drug-likeness (QED) is 0.743. The number of hydrogen-bond donors (Lipinski definition) is 1. The van der Waals surface area contributed by atoms with Crippen molar-refractivity contribution in [3.05, 3.63) is 36.0 Å². The zero-order valence-electron chi connectivity index (χ0n) is 8.18. The van der Waals surface area contributed by atoms with E-state index in [0.29, 0.717) is 11.5 Å². The molecule has 0 aromatic carbocycles. The Kier molecular flexibility index (Phi) is 2.10. The Morgan fingerprint density at radius 1 is 1.40 bits per heavy atom. The third-order valence-corrected chi connectivity index (χ3v) is 2.16. The number of imidazole rings is 1. The first-order valence-electron chi connectivity index (χ1n) is 4.39. The molecule has 15 heavy (non-hydrogen) atoms. The Morgan fingerprint density at radius 2 is 2.20 bits per heavy atom.